The summed E-state index contributed by atoms with van der Waals surface area (Å²) >= 11 is 0. The lowest BCUT2D eigenvalue weighted by atomic mass is 10.00. The van der Waals surface area contributed by atoms with Gasteiger partial charge in [0.15, 0.2) is 0 Å². The predicted octanol–water partition coefficient (Wildman–Crippen LogP) is 0.976. The first-order valence-electron chi connectivity index (χ1n) is 6.19. The molecule has 1 aromatic heterocycles. The number of nitrogens with zero attached hydrogens (tertiary/aromatic N) is 1. The Hall–Kier alpha value is -2.12. The minimum absolute atomic E-state index is 0.0207. The lowest BCUT2D eigenvalue weighted by molar-refractivity contribution is 0.0602. The van der Waals surface area contributed by atoms with E-state index in [1.165, 1.54) is 7.11 Å². The highest BCUT2D eigenvalue weighted by molar-refractivity contribution is 6.05. The molecule has 0 bridgehead atoms. The molecule has 0 aliphatic carbocycles. The second kappa shape index (κ2) is 5.10. The normalized spacial score (nSPS) is 18.4. The number of carbonyl (C=O) groups is 1. The fraction of sp³-hybridized carbons (Fsp3) is 0.385. The quantitative estimate of drug-likeness (QED) is 0.813. The van der Waals surface area contributed by atoms with Gasteiger partial charge >= 0.3 is 5.97 Å². The van der Waals surface area contributed by atoms with Crippen LogP contribution in [-0.2, 0) is 9.47 Å². The molecule has 0 amide bonds. The molecule has 106 valence electrons. The lowest BCUT2D eigenvalue weighted by Crippen LogP contribution is -2.17. The molecule has 1 saturated heterocycles. The van der Waals surface area contributed by atoms with Crippen molar-refractivity contribution in [3.63, 3.8) is 0 Å². The van der Waals surface area contributed by atoms with Crippen LogP contribution in [0.4, 0.5) is 0 Å². The van der Waals surface area contributed by atoms with Crippen LogP contribution in [-0.4, -0.2) is 43.7 Å². The maximum atomic E-state index is 11.9. The van der Waals surface area contributed by atoms with Gasteiger partial charge in [-0.1, -0.05) is 0 Å². The molecule has 3 rings (SSSR count). The SMILES string of the molecule is COC(=O)c1cc(C2COCN2)c(OC)c2cn[nH]c12. The molecule has 0 spiro atoms. The summed E-state index contributed by atoms with van der Waals surface area (Å²) in [5.74, 6) is 0.270. The fourth-order valence-corrected chi connectivity index (χ4v) is 2.46. The van der Waals surface area contributed by atoms with Crippen LogP contribution in [0.5, 0.6) is 5.75 Å². The highest BCUT2D eigenvalue weighted by Gasteiger charge is 2.26. The third-order valence-corrected chi connectivity index (χ3v) is 3.42. The highest BCUT2D eigenvalue weighted by atomic mass is 16.5. The Kier molecular flexibility index (Phi) is 3.29. The van der Waals surface area contributed by atoms with Crippen LogP contribution in [0.15, 0.2) is 12.3 Å². The number of fused-ring (bicyclic) bond motifs is 1. The van der Waals surface area contributed by atoms with E-state index in [9.17, 15) is 4.79 Å². The standard InChI is InChI=1S/C13H15N3O4/c1-18-12-7(10-5-20-6-14-10)3-8(13(17)19-2)11-9(12)4-15-16-11/h3-4,10,14H,5-6H2,1-2H3,(H,15,16). The van der Waals surface area contributed by atoms with Gasteiger partial charge in [-0.05, 0) is 6.07 Å². The zero-order valence-electron chi connectivity index (χ0n) is 11.2. The van der Waals surface area contributed by atoms with Crippen LogP contribution < -0.4 is 10.1 Å². The van der Waals surface area contributed by atoms with E-state index in [0.29, 0.717) is 30.2 Å². The number of rotatable bonds is 3. The van der Waals surface area contributed by atoms with Crippen molar-refractivity contribution in [3.8, 4) is 5.75 Å². The number of H-pyrrole nitrogens is 1. The van der Waals surface area contributed by atoms with Crippen molar-refractivity contribution in [2.24, 2.45) is 0 Å². The average Bonchev–Trinajstić information content (AvgIpc) is 3.15. The van der Waals surface area contributed by atoms with Gasteiger partial charge in [0.05, 0.1) is 56.3 Å². The van der Waals surface area contributed by atoms with E-state index < -0.39 is 5.97 Å². The summed E-state index contributed by atoms with van der Waals surface area (Å²) in [5.41, 5.74) is 1.90. The number of methoxy groups -OCH3 is 2. The van der Waals surface area contributed by atoms with Crippen LogP contribution in [0.2, 0.25) is 0 Å². The number of esters is 1. The van der Waals surface area contributed by atoms with Crippen LogP contribution in [0.25, 0.3) is 10.9 Å². The molecule has 0 saturated carbocycles. The highest BCUT2D eigenvalue weighted by Crippen LogP contribution is 2.36. The van der Waals surface area contributed by atoms with Gasteiger partial charge in [-0.3, -0.25) is 10.4 Å². The monoisotopic (exact) mass is 277 g/mol. The summed E-state index contributed by atoms with van der Waals surface area (Å²) in [6.07, 6.45) is 1.64. The van der Waals surface area contributed by atoms with E-state index in [1.54, 1.807) is 19.4 Å². The van der Waals surface area contributed by atoms with Gasteiger partial charge in [-0.25, -0.2) is 4.79 Å². The molecule has 2 heterocycles. The topological polar surface area (TPSA) is 85.5 Å². The Morgan fingerprint density at radius 3 is 3.00 bits per heavy atom. The number of nitrogens with one attached hydrogen (secondary N) is 2. The first-order chi connectivity index (χ1) is 9.76. The average molecular weight is 277 g/mol. The molecule has 2 N–H and O–H groups in total. The second-order valence-electron chi connectivity index (χ2n) is 4.47. The molecular weight excluding hydrogens is 262 g/mol. The third kappa shape index (κ3) is 1.91. The number of hydrogen-bond acceptors (Lipinski definition) is 6. The Labute approximate surface area is 115 Å². The van der Waals surface area contributed by atoms with Gasteiger partial charge in [0.25, 0.3) is 0 Å². The van der Waals surface area contributed by atoms with Crippen molar-refractivity contribution in [3.05, 3.63) is 23.4 Å². The zero-order valence-corrected chi connectivity index (χ0v) is 11.2. The van der Waals surface area contributed by atoms with Crippen molar-refractivity contribution in [2.75, 3.05) is 27.6 Å². The smallest absolute Gasteiger partial charge is 0.340 e. The summed E-state index contributed by atoms with van der Waals surface area (Å²) in [4.78, 5) is 11.9. The molecule has 1 aliphatic rings. The van der Waals surface area contributed by atoms with Gasteiger partial charge in [0.2, 0.25) is 0 Å². The Morgan fingerprint density at radius 1 is 1.50 bits per heavy atom. The Bertz CT molecular complexity index is 646. The van der Waals surface area contributed by atoms with Crippen molar-refractivity contribution in [1.82, 2.24) is 15.5 Å². The fourth-order valence-electron chi connectivity index (χ4n) is 2.46. The summed E-state index contributed by atoms with van der Waals surface area (Å²) < 4.78 is 15.6. The second-order valence-corrected chi connectivity index (χ2v) is 4.47. The summed E-state index contributed by atoms with van der Waals surface area (Å²) in [5, 5.41) is 10.8. The molecule has 20 heavy (non-hydrogen) atoms. The molecule has 0 radical (unpaired) electrons. The number of benzene rings is 1. The maximum Gasteiger partial charge on any atom is 0.340 e. The van der Waals surface area contributed by atoms with E-state index in [1.807, 2.05) is 0 Å². The minimum Gasteiger partial charge on any atom is -0.496 e. The van der Waals surface area contributed by atoms with Gasteiger partial charge in [0, 0.05) is 5.56 Å². The summed E-state index contributed by atoms with van der Waals surface area (Å²) in [7, 11) is 2.95. The lowest BCUT2D eigenvalue weighted by Gasteiger charge is -2.16. The van der Waals surface area contributed by atoms with E-state index in [4.69, 9.17) is 14.2 Å². The molecule has 7 nitrogen and oxygen atoms in total. The van der Waals surface area contributed by atoms with Crippen LogP contribution in [0.1, 0.15) is 22.0 Å². The predicted molar refractivity (Wildman–Crippen MR) is 70.7 cm³/mol. The van der Waals surface area contributed by atoms with E-state index in [0.717, 1.165) is 10.9 Å². The molecule has 1 aromatic carbocycles. The van der Waals surface area contributed by atoms with E-state index >= 15 is 0 Å². The van der Waals surface area contributed by atoms with Crippen molar-refractivity contribution in [2.45, 2.75) is 6.04 Å². The van der Waals surface area contributed by atoms with Gasteiger partial charge in [-0.15, -0.1) is 0 Å². The Morgan fingerprint density at radius 2 is 2.35 bits per heavy atom. The molecule has 7 heteroatoms. The number of aromatic nitrogens is 2. The molecule has 2 aromatic rings. The molecule has 1 fully saturated rings. The summed E-state index contributed by atoms with van der Waals surface area (Å²) in [6, 6.07) is 1.74. The number of aromatic amines is 1. The number of carbonyl (C=O) groups excluding carboxylic acids is 1. The molecule has 1 aliphatic heterocycles. The van der Waals surface area contributed by atoms with Gasteiger partial charge in [0.1, 0.15) is 5.75 Å². The molecule has 1 unspecified atom stereocenters. The van der Waals surface area contributed by atoms with Crippen LogP contribution >= 0.6 is 0 Å². The van der Waals surface area contributed by atoms with E-state index in [-0.39, 0.29) is 6.04 Å². The van der Waals surface area contributed by atoms with Crippen molar-refractivity contribution >= 4 is 16.9 Å². The molecular formula is C13H15N3O4. The van der Waals surface area contributed by atoms with Crippen LogP contribution in [0.3, 0.4) is 0 Å². The maximum absolute atomic E-state index is 11.9. The zero-order chi connectivity index (χ0) is 14.1. The number of hydrogen-bond donors (Lipinski definition) is 2. The first-order valence-corrected chi connectivity index (χ1v) is 6.19. The first kappa shape index (κ1) is 12.9. The summed E-state index contributed by atoms with van der Waals surface area (Å²) in [6.45, 7) is 1.01. The van der Waals surface area contributed by atoms with Crippen molar-refractivity contribution < 1.29 is 19.0 Å². The van der Waals surface area contributed by atoms with E-state index in [2.05, 4.69) is 15.5 Å². The van der Waals surface area contributed by atoms with Gasteiger partial charge in [-0.2, -0.15) is 5.10 Å². The Balaban J connectivity index is 2.24. The largest absolute Gasteiger partial charge is 0.496 e. The van der Waals surface area contributed by atoms with Crippen LogP contribution in [0, 0.1) is 0 Å². The van der Waals surface area contributed by atoms with Gasteiger partial charge < -0.3 is 14.2 Å². The molecule has 1 atom stereocenters. The van der Waals surface area contributed by atoms with Crippen molar-refractivity contribution in [1.29, 1.82) is 0 Å². The third-order valence-electron chi connectivity index (χ3n) is 3.42. The minimum atomic E-state index is -0.415. The number of ether oxygens (including phenoxy) is 3.